The van der Waals surface area contributed by atoms with E-state index in [2.05, 4.69) is 5.32 Å². The fraction of sp³-hybridized carbons (Fsp3) is 0.261. The molecule has 0 radical (unpaired) electrons. The summed E-state index contributed by atoms with van der Waals surface area (Å²) in [6, 6.07) is 12.7. The number of amides is 3. The number of carbonyl (C=O) groups is 3. The number of imide groups is 1. The first-order chi connectivity index (χ1) is 15.5. The highest BCUT2D eigenvalue weighted by atomic mass is 32.2. The van der Waals surface area contributed by atoms with Gasteiger partial charge in [0.05, 0.1) is 32.7 Å². The molecular weight excluding hydrogens is 432 g/mol. The molecule has 2 aromatic carbocycles. The zero-order valence-corrected chi connectivity index (χ0v) is 18.9. The van der Waals surface area contributed by atoms with Crippen LogP contribution >= 0.6 is 11.8 Å². The van der Waals surface area contributed by atoms with E-state index in [-0.39, 0.29) is 36.6 Å². The molecule has 9 heteroatoms. The van der Waals surface area contributed by atoms with E-state index < -0.39 is 0 Å². The Morgan fingerprint density at radius 1 is 1.03 bits per heavy atom. The van der Waals surface area contributed by atoms with Crippen LogP contribution in [0.5, 0.6) is 17.2 Å². The lowest BCUT2D eigenvalue weighted by molar-refractivity contribution is -0.124. The highest BCUT2D eigenvalue weighted by molar-refractivity contribution is 8.18. The van der Waals surface area contributed by atoms with Gasteiger partial charge in [0.2, 0.25) is 11.7 Å². The summed E-state index contributed by atoms with van der Waals surface area (Å²) in [6.45, 7) is 0.248. The van der Waals surface area contributed by atoms with Crippen molar-refractivity contribution in [1.82, 2.24) is 10.2 Å². The molecule has 0 aromatic heterocycles. The predicted molar refractivity (Wildman–Crippen MR) is 122 cm³/mol. The molecule has 0 spiro atoms. The molecule has 1 saturated heterocycles. The number of hydrogen-bond acceptors (Lipinski definition) is 7. The number of thioether (sulfide) groups is 1. The summed E-state index contributed by atoms with van der Waals surface area (Å²) in [5.74, 6) is 0.742. The number of ether oxygens (including phenoxy) is 3. The molecule has 1 aliphatic rings. The van der Waals surface area contributed by atoms with Gasteiger partial charge in [0.15, 0.2) is 11.5 Å². The van der Waals surface area contributed by atoms with Gasteiger partial charge < -0.3 is 19.5 Å². The van der Waals surface area contributed by atoms with Crippen molar-refractivity contribution in [3.8, 4) is 17.2 Å². The molecule has 0 saturated carbocycles. The Hall–Kier alpha value is -3.46. The van der Waals surface area contributed by atoms with E-state index in [4.69, 9.17) is 14.2 Å². The number of benzene rings is 2. The Morgan fingerprint density at radius 3 is 2.28 bits per heavy atom. The minimum Gasteiger partial charge on any atom is -0.493 e. The van der Waals surface area contributed by atoms with Gasteiger partial charge >= 0.3 is 0 Å². The van der Waals surface area contributed by atoms with Gasteiger partial charge in [0, 0.05) is 13.1 Å². The zero-order chi connectivity index (χ0) is 23.1. The second-order valence-corrected chi connectivity index (χ2v) is 7.80. The number of nitrogens with one attached hydrogen (secondary N) is 1. The van der Waals surface area contributed by atoms with Crippen molar-refractivity contribution in [2.75, 3.05) is 34.4 Å². The molecule has 0 aliphatic carbocycles. The van der Waals surface area contributed by atoms with Crippen LogP contribution in [0.25, 0.3) is 6.08 Å². The molecule has 1 N–H and O–H groups in total. The Morgan fingerprint density at radius 2 is 1.69 bits per heavy atom. The maximum absolute atomic E-state index is 12.6. The Bertz CT molecular complexity index is 1010. The van der Waals surface area contributed by atoms with Gasteiger partial charge in [-0.15, -0.1) is 0 Å². The molecule has 3 amide bonds. The summed E-state index contributed by atoms with van der Waals surface area (Å²) < 4.78 is 15.9. The summed E-state index contributed by atoms with van der Waals surface area (Å²) in [5, 5.41) is 2.39. The molecular formula is C23H24N2O6S. The second kappa shape index (κ2) is 10.7. The molecule has 32 heavy (non-hydrogen) atoms. The molecule has 0 atom stereocenters. The maximum atomic E-state index is 12.6. The van der Waals surface area contributed by atoms with E-state index in [0.717, 1.165) is 22.2 Å². The van der Waals surface area contributed by atoms with E-state index in [1.165, 1.54) is 21.3 Å². The monoisotopic (exact) mass is 456 g/mol. The fourth-order valence-corrected chi connectivity index (χ4v) is 4.05. The Kier molecular flexibility index (Phi) is 7.77. The van der Waals surface area contributed by atoms with Crippen molar-refractivity contribution >= 4 is 34.9 Å². The van der Waals surface area contributed by atoms with Crippen molar-refractivity contribution in [2.24, 2.45) is 0 Å². The number of hydrogen-bond donors (Lipinski definition) is 1. The highest BCUT2D eigenvalue weighted by Gasteiger charge is 2.34. The summed E-state index contributed by atoms with van der Waals surface area (Å²) in [6.07, 6.45) is 1.76. The fourth-order valence-electron chi connectivity index (χ4n) is 3.19. The average Bonchev–Trinajstić information content (AvgIpc) is 3.06. The Labute approximate surface area is 190 Å². The lowest BCUT2D eigenvalue weighted by atomic mass is 10.1. The van der Waals surface area contributed by atoms with Gasteiger partial charge in [-0.3, -0.25) is 19.3 Å². The lowest BCUT2D eigenvalue weighted by Gasteiger charge is -2.15. The topological polar surface area (TPSA) is 94.2 Å². The molecule has 1 fully saturated rings. The quantitative estimate of drug-likeness (QED) is 0.580. The molecule has 168 valence electrons. The van der Waals surface area contributed by atoms with Gasteiger partial charge in [-0.05, 0) is 41.1 Å². The van der Waals surface area contributed by atoms with Crippen molar-refractivity contribution in [1.29, 1.82) is 0 Å². The number of nitrogens with zero attached hydrogens (tertiary/aromatic N) is 1. The van der Waals surface area contributed by atoms with Crippen molar-refractivity contribution in [3.05, 3.63) is 58.5 Å². The molecule has 0 unspecified atom stereocenters. The third kappa shape index (κ3) is 5.42. The number of rotatable bonds is 9. The summed E-state index contributed by atoms with van der Waals surface area (Å²) >= 11 is 0.896. The smallest absolute Gasteiger partial charge is 0.293 e. The maximum Gasteiger partial charge on any atom is 0.293 e. The number of methoxy groups -OCH3 is 3. The van der Waals surface area contributed by atoms with E-state index in [0.29, 0.717) is 27.7 Å². The van der Waals surface area contributed by atoms with Crippen LogP contribution in [0.3, 0.4) is 0 Å². The molecule has 0 bridgehead atoms. The van der Waals surface area contributed by atoms with Crippen molar-refractivity contribution in [3.63, 3.8) is 0 Å². The lowest BCUT2D eigenvalue weighted by Crippen LogP contribution is -2.37. The van der Waals surface area contributed by atoms with Crippen LogP contribution in [0, 0.1) is 0 Å². The van der Waals surface area contributed by atoms with Crippen LogP contribution in [0.15, 0.2) is 47.4 Å². The van der Waals surface area contributed by atoms with Crippen molar-refractivity contribution in [2.45, 2.75) is 6.42 Å². The second-order valence-electron chi connectivity index (χ2n) is 6.80. The first-order valence-corrected chi connectivity index (χ1v) is 10.6. The largest absolute Gasteiger partial charge is 0.493 e. The average molecular weight is 457 g/mol. The van der Waals surface area contributed by atoms with E-state index >= 15 is 0 Å². The van der Waals surface area contributed by atoms with E-state index in [9.17, 15) is 14.4 Å². The van der Waals surface area contributed by atoms with Gasteiger partial charge in [-0.1, -0.05) is 30.3 Å². The van der Waals surface area contributed by atoms with Gasteiger partial charge in [0.1, 0.15) is 0 Å². The molecule has 8 nitrogen and oxygen atoms in total. The van der Waals surface area contributed by atoms with Gasteiger partial charge in [-0.25, -0.2) is 0 Å². The highest BCUT2D eigenvalue weighted by Crippen LogP contribution is 2.38. The SMILES string of the molecule is COc1cc(CC(=O)NCCN2C(=O)SC(=Cc3ccccc3)C2=O)cc(OC)c1OC. The normalized spacial score (nSPS) is 14.6. The third-order valence-corrected chi connectivity index (χ3v) is 5.63. The summed E-state index contributed by atoms with van der Waals surface area (Å²) in [4.78, 5) is 38.7. The van der Waals surface area contributed by atoms with Crippen LogP contribution in [-0.4, -0.2) is 56.4 Å². The van der Waals surface area contributed by atoms with Crippen LogP contribution in [0.1, 0.15) is 11.1 Å². The summed E-state index contributed by atoms with van der Waals surface area (Å²) in [7, 11) is 4.51. The minimum atomic E-state index is -0.359. The van der Waals surface area contributed by atoms with Crippen LogP contribution in [0.2, 0.25) is 0 Å². The predicted octanol–water partition coefficient (Wildman–Crippen LogP) is 3.11. The zero-order valence-electron chi connectivity index (χ0n) is 18.0. The Balaban J connectivity index is 1.56. The van der Waals surface area contributed by atoms with Gasteiger partial charge in [-0.2, -0.15) is 0 Å². The molecule has 3 rings (SSSR count). The minimum absolute atomic E-state index is 0.0759. The van der Waals surface area contributed by atoms with E-state index in [1.807, 2.05) is 30.3 Å². The first-order valence-electron chi connectivity index (χ1n) is 9.82. The standard InChI is InChI=1S/C23H24N2O6S/c1-29-17-11-16(12-18(30-2)21(17)31-3)14-20(26)24-9-10-25-22(27)19(32-23(25)28)13-15-7-5-4-6-8-15/h4-8,11-13H,9-10,14H2,1-3H3,(H,24,26). The van der Waals surface area contributed by atoms with Crippen LogP contribution < -0.4 is 19.5 Å². The van der Waals surface area contributed by atoms with Crippen LogP contribution in [0.4, 0.5) is 4.79 Å². The van der Waals surface area contributed by atoms with Gasteiger partial charge in [0.25, 0.3) is 11.1 Å². The summed E-state index contributed by atoms with van der Waals surface area (Å²) in [5.41, 5.74) is 1.52. The third-order valence-electron chi connectivity index (χ3n) is 4.72. The number of carbonyl (C=O) groups excluding carboxylic acids is 3. The van der Waals surface area contributed by atoms with Crippen molar-refractivity contribution < 1.29 is 28.6 Å². The first kappa shape index (κ1) is 23.2. The molecule has 2 aromatic rings. The van der Waals surface area contributed by atoms with Crippen LogP contribution in [-0.2, 0) is 16.0 Å². The van der Waals surface area contributed by atoms with E-state index in [1.54, 1.807) is 18.2 Å². The molecule has 1 aliphatic heterocycles. The molecule has 1 heterocycles.